The average Bonchev–Trinajstić information content (AvgIpc) is 3.41. The SMILES string of the molecule is Cc1ccc(-n2cccc2C=NN2C(=O)[C@@H]3[C@H](C2=O)[C@H]2C=C[C@H]3C2)cc1C. The molecule has 0 spiro atoms. The van der Waals surface area contributed by atoms with E-state index in [0.717, 1.165) is 22.8 Å². The minimum Gasteiger partial charge on any atom is -0.316 e. The topological polar surface area (TPSA) is 54.7 Å². The smallest absolute Gasteiger partial charge is 0.254 e. The molecule has 2 amide bonds. The van der Waals surface area contributed by atoms with Gasteiger partial charge in [-0.1, -0.05) is 18.2 Å². The van der Waals surface area contributed by atoms with Crippen LogP contribution in [0.1, 0.15) is 23.2 Å². The Morgan fingerprint density at radius 3 is 2.37 bits per heavy atom. The fraction of sp³-hybridized carbons (Fsp3) is 0.318. The van der Waals surface area contributed by atoms with Crippen LogP contribution in [0.5, 0.6) is 0 Å². The second kappa shape index (κ2) is 5.78. The Morgan fingerprint density at radius 2 is 1.70 bits per heavy atom. The van der Waals surface area contributed by atoms with Gasteiger partial charge in [-0.3, -0.25) is 9.59 Å². The number of hydrogen-bond donors (Lipinski definition) is 0. The summed E-state index contributed by atoms with van der Waals surface area (Å²) in [4.78, 5) is 25.5. The number of aryl methyl sites for hydroxylation is 2. The second-order valence-corrected chi connectivity index (χ2v) is 7.80. The number of hydrogen-bond acceptors (Lipinski definition) is 3. The van der Waals surface area contributed by atoms with Crippen molar-refractivity contribution in [1.82, 2.24) is 9.58 Å². The average molecular weight is 359 g/mol. The van der Waals surface area contributed by atoms with E-state index in [1.54, 1.807) is 6.21 Å². The van der Waals surface area contributed by atoms with E-state index in [-0.39, 0.29) is 35.5 Å². The van der Waals surface area contributed by atoms with E-state index in [4.69, 9.17) is 0 Å². The number of allylic oxidation sites excluding steroid dienone is 2. The number of amides is 2. The largest absolute Gasteiger partial charge is 0.316 e. The minimum atomic E-state index is -0.212. The van der Waals surface area contributed by atoms with Crippen molar-refractivity contribution < 1.29 is 9.59 Å². The maximum Gasteiger partial charge on any atom is 0.254 e. The molecule has 0 N–H and O–H groups in total. The Bertz CT molecular complexity index is 986. The Hall–Kier alpha value is -2.95. The molecule has 1 saturated carbocycles. The Labute approximate surface area is 158 Å². The lowest BCUT2D eigenvalue weighted by Gasteiger charge is -2.13. The van der Waals surface area contributed by atoms with Crippen molar-refractivity contribution in [2.45, 2.75) is 20.3 Å². The highest BCUT2D eigenvalue weighted by Crippen LogP contribution is 2.52. The predicted octanol–water partition coefficient (Wildman–Crippen LogP) is 3.24. The van der Waals surface area contributed by atoms with Crippen molar-refractivity contribution in [2.75, 3.05) is 0 Å². The monoisotopic (exact) mass is 359 g/mol. The first-order valence-corrected chi connectivity index (χ1v) is 9.39. The molecule has 2 fully saturated rings. The fourth-order valence-corrected chi connectivity index (χ4v) is 4.73. The Balaban J connectivity index is 1.43. The lowest BCUT2D eigenvalue weighted by Crippen LogP contribution is -2.28. The lowest BCUT2D eigenvalue weighted by molar-refractivity contribution is -0.140. The lowest BCUT2D eigenvalue weighted by atomic mass is 9.85. The van der Waals surface area contributed by atoms with E-state index < -0.39 is 0 Å². The third-order valence-corrected chi connectivity index (χ3v) is 6.30. The van der Waals surface area contributed by atoms with Crippen LogP contribution in [-0.2, 0) is 9.59 Å². The van der Waals surface area contributed by atoms with Gasteiger partial charge in [-0.15, -0.1) is 0 Å². The van der Waals surface area contributed by atoms with Crippen LogP contribution in [0.25, 0.3) is 5.69 Å². The summed E-state index contributed by atoms with van der Waals surface area (Å²) in [6, 6.07) is 10.1. The maximum atomic E-state index is 12.7. The van der Waals surface area contributed by atoms with E-state index in [2.05, 4.69) is 49.3 Å². The van der Waals surface area contributed by atoms with Crippen LogP contribution in [0.2, 0.25) is 0 Å². The third kappa shape index (κ3) is 2.34. The number of rotatable bonds is 3. The Kier molecular flexibility index (Phi) is 3.47. The van der Waals surface area contributed by atoms with Gasteiger partial charge in [0.2, 0.25) is 0 Å². The van der Waals surface area contributed by atoms with Crippen molar-refractivity contribution in [1.29, 1.82) is 0 Å². The first-order valence-electron chi connectivity index (χ1n) is 9.39. The number of benzene rings is 1. The van der Waals surface area contributed by atoms with Crippen molar-refractivity contribution in [3.63, 3.8) is 0 Å². The molecule has 2 aliphatic carbocycles. The van der Waals surface area contributed by atoms with Crippen LogP contribution in [0.3, 0.4) is 0 Å². The van der Waals surface area contributed by atoms with Crippen molar-refractivity contribution in [3.8, 4) is 5.69 Å². The quantitative estimate of drug-likeness (QED) is 0.480. The normalized spacial score (nSPS) is 28.7. The number of imide groups is 1. The molecule has 0 radical (unpaired) electrons. The van der Waals surface area contributed by atoms with Gasteiger partial charge >= 0.3 is 0 Å². The summed E-state index contributed by atoms with van der Waals surface area (Å²) < 4.78 is 2.01. The van der Waals surface area contributed by atoms with Gasteiger partial charge < -0.3 is 4.57 Å². The van der Waals surface area contributed by atoms with Gasteiger partial charge in [0.25, 0.3) is 11.8 Å². The maximum absolute atomic E-state index is 12.7. The molecule has 1 saturated heterocycles. The number of carbonyl (C=O) groups is 2. The van der Waals surface area contributed by atoms with Crippen molar-refractivity contribution >= 4 is 18.0 Å². The summed E-state index contributed by atoms with van der Waals surface area (Å²) >= 11 is 0. The summed E-state index contributed by atoms with van der Waals surface area (Å²) in [5.74, 6) is -0.316. The van der Waals surface area contributed by atoms with E-state index in [0.29, 0.717) is 0 Å². The number of nitrogens with zero attached hydrogens (tertiary/aromatic N) is 3. The molecule has 2 aromatic rings. The molecule has 5 nitrogen and oxygen atoms in total. The predicted molar refractivity (Wildman–Crippen MR) is 102 cm³/mol. The van der Waals surface area contributed by atoms with E-state index in [1.807, 2.05) is 22.9 Å². The highest BCUT2D eigenvalue weighted by molar-refractivity contribution is 6.06. The third-order valence-electron chi connectivity index (χ3n) is 6.30. The Morgan fingerprint density at radius 1 is 1.00 bits per heavy atom. The van der Waals surface area contributed by atoms with Gasteiger partial charge in [0, 0.05) is 11.9 Å². The van der Waals surface area contributed by atoms with Gasteiger partial charge in [0.1, 0.15) is 0 Å². The van der Waals surface area contributed by atoms with Crippen LogP contribution in [0.4, 0.5) is 0 Å². The summed E-state index contributed by atoms with van der Waals surface area (Å²) in [7, 11) is 0. The number of aromatic nitrogens is 1. The molecule has 1 aliphatic heterocycles. The second-order valence-electron chi connectivity index (χ2n) is 7.80. The summed E-state index contributed by atoms with van der Waals surface area (Å²) in [5, 5.41) is 5.39. The molecule has 5 heteroatoms. The number of fused-ring (bicyclic) bond motifs is 5. The highest BCUT2D eigenvalue weighted by atomic mass is 16.2. The molecule has 27 heavy (non-hydrogen) atoms. The summed E-state index contributed by atoms with van der Waals surface area (Å²) in [5.41, 5.74) is 4.31. The van der Waals surface area contributed by atoms with Crippen molar-refractivity contribution in [3.05, 3.63) is 65.5 Å². The summed E-state index contributed by atoms with van der Waals surface area (Å²) in [6.45, 7) is 4.17. The molecule has 4 atom stereocenters. The first kappa shape index (κ1) is 16.2. The minimum absolute atomic E-state index is 0.151. The standard InChI is InChI=1S/C22H21N3O2/c1-13-5-8-17(10-14(13)2)24-9-3-4-18(24)12-23-25-21(26)19-15-6-7-16(11-15)20(19)22(25)27/h3-10,12,15-16,19-20H,11H2,1-2H3/t15-,16-,19-,20+/m0/s1. The van der Waals surface area contributed by atoms with Crippen LogP contribution < -0.4 is 0 Å². The molecule has 3 aliphatic rings. The van der Waals surface area contributed by atoms with Gasteiger partial charge in [-0.05, 0) is 67.5 Å². The molecular weight excluding hydrogens is 338 g/mol. The molecule has 0 unspecified atom stereocenters. The zero-order valence-electron chi connectivity index (χ0n) is 15.4. The van der Waals surface area contributed by atoms with Gasteiger partial charge in [0.05, 0.1) is 23.7 Å². The zero-order valence-corrected chi connectivity index (χ0v) is 15.4. The molecule has 1 aromatic heterocycles. The highest BCUT2D eigenvalue weighted by Gasteiger charge is 2.59. The van der Waals surface area contributed by atoms with E-state index in [1.165, 1.54) is 11.1 Å². The van der Waals surface area contributed by atoms with Gasteiger partial charge in [-0.25, -0.2) is 0 Å². The fourth-order valence-electron chi connectivity index (χ4n) is 4.73. The van der Waals surface area contributed by atoms with E-state index >= 15 is 0 Å². The molecule has 5 rings (SSSR count). The summed E-state index contributed by atoms with van der Waals surface area (Å²) in [6.07, 6.45) is 8.68. The van der Waals surface area contributed by atoms with Crippen molar-refractivity contribution in [2.24, 2.45) is 28.8 Å². The zero-order chi connectivity index (χ0) is 18.7. The van der Waals surface area contributed by atoms with Crippen LogP contribution in [0.15, 0.2) is 53.8 Å². The first-order chi connectivity index (χ1) is 13.0. The van der Waals surface area contributed by atoms with Crippen LogP contribution in [0, 0.1) is 37.5 Å². The van der Waals surface area contributed by atoms with E-state index in [9.17, 15) is 9.59 Å². The molecular formula is C22H21N3O2. The molecule has 1 aromatic carbocycles. The molecule has 136 valence electrons. The van der Waals surface area contributed by atoms with Crippen LogP contribution >= 0.6 is 0 Å². The van der Waals surface area contributed by atoms with Crippen LogP contribution in [-0.4, -0.2) is 27.6 Å². The molecule has 2 heterocycles. The van der Waals surface area contributed by atoms with Gasteiger partial charge in [-0.2, -0.15) is 10.1 Å². The number of carbonyl (C=O) groups excluding carboxylic acids is 2. The number of hydrazone groups is 1. The molecule has 2 bridgehead atoms. The van der Waals surface area contributed by atoms with Gasteiger partial charge in [0.15, 0.2) is 0 Å².